The molecule has 104 valence electrons. The second kappa shape index (κ2) is 5.17. The lowest BCUT2D eigenvalue weighted by molar-refractivity contribution is 0.0692. The molecule has 0 bridgehead atoms. The molecule has 2 atom stereocenters. The van der Waals surface area contributed by atoms with E-state index >= 15 is 0 Å². The van der Waals surface area contributed by atoms with E-state index < -0.39 is 11.8 Å². The number of carboxylic acid groups (broad SMARTS) is 1. The van der Waals surface area contributed by atoms with E-state index in [0.29, 0.717) is 12.0 Å². The average Bonchev–Trinajstić information content (AvgIpc) is 2.70. The number of hydrogen-bond acceptors (Lipinski definition) is 3. The molecular weight excluding hydrogens is 247 g/mol. The molecule has 0 aliphatic carbocycles. The van der Waals surface area contributed by atoms with Gasteiger partial charge >= 0.3 is 5.97 Å². The third kappa shape index (κ3) is 2.71. The van der Waals surface area contributed by atoms with E-state index in [2.05, 4.69) is 16.7 Å². The molecule has 1 heterocycles. The van der Waals surface area contributed by atoms with Gasteiger partial charge in [0.1, 0.15) is 5.82 Å². The van der Waals surface area contributed by atoms with E-state index in [9.17, 15) is 9.18 Å². The third-order valence-electron chi connectivity index (χ3n) is 3.78. The van der Waals surface area contributed by atoms with Gasteiger partial charge in [0.25, 0.3) is 0 Å². The average molecular weight is 266 g/mol. The van der Waals surface area contributed by atoms with Crippen molar-refractivity contribution in [2.24, 2.45) is 5.92 Å². The molecule has 5 heteroatoms. The van der Waals surface area contributed by atoms with E-state index in [-0.39, 0.29) is 5.56 Å². The molecule has 1 saturated heterocycles. The van der Waals surface area contributed by atoms with Gasteiger partial charge in [-0.3, -0.25) is 0 Å². The predicted octanol–water partition coefficient (Wildman–Crippen LogP) is 1.91. The molecule has 0 spiro atoms. The van der Waals surface area contributed by atoms with Crippen molar-refractivity contribution in [3.05, 3.63) is 29.6 Å². The molecule has 0 aromatic heterocycles. The van der Waals surface area contributed by atoms with Gasteiger partial charge < -0.3 is 14.9 Å². The minimum Gasteiger partial charge on any atom is -0.478 e. The Morgan fingerprint density at radius 2 is 2.11 bits per heavy atom. The first-order valence-corrected chi connectivity index (χ1v) is 6.34. The highest BCUT2D eigenvalue weighted by Gasteiger charge is 2.31. The summed E-state index contributed by atoms with van der Waals surface area (Å²) in [5.41, 5.74) is 0.471. The van der Waals surface area contributed by atoms with Crippen molar-refractivity contribution in [2.45, 2.75) is 13.0 Å². The highest BCUT2D eigenvalue weighted by atomic mass is 19.1. The van der Waals surface area contributed by atoms with Crippen LogP contribution in [-0.4, -0.2) is 49.2 Å². The van der Waals surface area contributed by atoms with Crippen LogP contribution in [0.2, 0.25) is 0 Å². The highest BCUT2D eigenvalue weighted by Crippen LogP contribution is 2.27. The molecule has 0 amide bonds. The van der Waals surface area contributed by atoms with Crippen LogP contribution in [-0.2, 0) is 0 Å². The Hall–Kier alpha value is -1.62. The molecule has 19 heavy (non-hydrogen) atoms. The van der Waals surface area contributed by atoms with Crippen molar-refractivity contribution in [3.8, 4) is 0 Å². The van der Waals surface area contributed by atoms with E-state index in [0.717, 1.165) is 18.8 Å². The first-order valence-electron chi connectivity index (χ1n) is 6.34. The van der Waals surface area contributed by atoms with Crippen LogP contribution in [0.25, 0.3) is 0 Å². The number of carbonyl (C=O) groups is 1. The van der Waals surface area contributed by atoms with Crippen LogP contribution in [0.3, 0.4) is 0 Å². The van der Waals surface area contributed by atoms with Crippen molar-refractivity contribution in [3.63, 3.8) is 0 Å². The van der Waals surface area contributed by atoms with Crippen molar-refractivity contribution in [2.75, 3.05) is 32.1 Å². The molecule has 1 fully saturated rings. The number of hydrogen-bond donors (Lipinski definition) is 1. The largest absolute Gasteiger partial charge is 0.478 e. The molecule has 1 aromatic rings. The van der Waals surface area contributed by atoms with Gasteiger partial charge in [0.05, 0.1) is 5.56 Å². The fourth-order valence-corrected chi connectivity index (χ4v) is 2.71. The Balaban J connectivity index is 2.20. The molecule has 1 aliphatic heterocycles. The maximum absolute atomic E-state index is 13.7. The summed E-state index contributed by atoms with van der Waals surface area (Å²) < 4.78 is 13.7. The van der Waals surface area contributed by atoms with E-state index in [1.807, 2.05) is 14.1 Å². The summed E-state index contributed by atoms with van der Waals surface area (Å²) in [6.45, 7) is 3.86. The maximum Gasteiger partial charge on any atom is 0.338 e. The SMILES string of the molecule is CC1CN(c2ccc(C(=O)O)c(F)c2)CC1N(C)C. The van der Waals surface area contributed by atoms with Gasteiger partial charge in [-0.1, -0.05) is 6.92 Å². The monoisotopic (exact) mass is 266 g/mol. The van der Waals surface area contributed by atoms with Crippen LogP contribution in [0.1, 0.15) is 17.3 Å². The number of halogens is 1. The summed E-state index contributed by atoms with van der Waals surface area (Å²) in [5, 5.41) is 8.82. The number of carboxylic acids is 1. The van der Waals surface area contributed by atoms with E-state index in [4.69, 9.17) is 5.11 Å². The van der Waals surface area contributed by atoms with Gasteiger partial charge in [-0.25, -0.2) is 9.18 Å². The number of likely N-dealkylation sites (N-methyl/N-ethyl adjacent to an activating group) is 1. The minimum atomic E-state index is -1.23. The summed E-state index contributed by atoms with van der Waals surface area (Å²) in [6.07, 6.45) is 0. The zero-order valence-electron chi connectivity index (χ0n) is 11.4. The fourth-order valence-electron chi connectivity index (χ4n) is 2.71. The number of rotatable bonds is 3. The molecule has 0 radical (unpaired) electrons. The summed E-state index contributed by atoms with van der Waals surface area (Å²) in [5.74, 6) is -1.41. The Kier molecular flexibility index (Phi) is 3.75. The molecule has 2 unspecified atom stereocenters. The highest BCUT2D eigenvalue weighted by molar-refractivity contribution is 5.88. The number of benzene rings is 1. The van der Waals surface area contributed by atoms with Crippen molar-refractivity contribution < 1.29 is 14.3 Å². The first kappa shape index (κ1) is 13.8. The summed E-state index contributed by atoms with van der Waals surface area (Å²) >= 11 is 0. The zero-order valence-corrected chi connectivity index (χ0v) is 11.4. The minimum absolute atomic E-state index is 0.278. The van der Waals surface area contributed by atoms with Crippen LogP contribution in [0.5, 0.6) is 0 Å². The van der Waals surface area contributed by atoms with E-state index in [1.54, 1.807) is 6.07 Å². The van der Waals surface area contributed by atoms with Gasteiger partial charge in [-0.15, -0.1) is 0 Å². The standard InChI is InChI=1S/C14H19FN2O2/c1-9-7-17(8-13(9)16(2)3)10-4-5-11(14(18)19)12(15)6-10/h4-6,9,13H,7-8H2,1-3H3,(H,18,19). The summed E-state index contributed by atoms with van der Waals surface area (Å²) in [7, 11) is 4.08. The Bertz CT molecular complexity index is 490. The molecular formula is C14H19FN2O2. The molecule has 2 rings (SSSR count). The van der Waals surface area contributed by atoms with Crippen LogP contribution in [0.15, 0.2) is 18.2 Å². The predicted molar refractivity (Wildman–Crippen MR) is 72.2 cm³/mol. The summed E-state index contributed by atoms with van der Waals surface area (Å²) in [6, 6.07) is 4.76. The van der Waals surface area contributed by atoms with Crippen molar-refractivity contribution in [1.29, 1.82) is 0 Å². The van der Waals surface area contributed by atoms with Gasteiger partial charge in [0.15, 0.2) is 0 Å². The molecule has 1 aromatic carbocycles. The first-order chi connectivity index (χ1) is 8.90. The van der Waals surface area contributed by atoms with Gasteiger partial charge in [-0.2, -0.15) is 0 Å². The lowest BCUT2D eigenvalue weighted by Crippen LogP contribution is -2.34. The smallest absolute Gasteiger partial charge is 0.338 e. The number of nitrogens with zero attached hydrogens (tertiary/aromatic N) is 2. The van der Waals surface area contributed by atoms with Crippen LogP contribution in [0.4, 0.5) is 10.1 Å². The Labute approximate surface area is 112 Å². The second-order valence-corrected chi connectivity index (χ2v) is 5.38. The van der Waals surface area contributed by atoms with Crippen molar-refractivity contribution >= 4 is 11.7 Å². The Morgan fingerprint density at radius 1 is 1.42 bits per heavy atom. The topological polar surface area (TPSA) is 43.8 Å². The third-order valence-corrected chi connectivity index (χ3v) is 3.78. The maximum atomic E-state index is 13.7. The molecule has 1 N–H and O–H groups in total. The van der Waals surface area contributed by atoms with Crippen LogP contribution >= 0.6 is 0 Å². The number of anilines is 1. The van der Waals surface area contributed by atoms with Gasteiger partial charge in [-0.05, 0) is 38.2 Å². The van der Waals surface area contributed by atoms with Crippen molar-refractivity contribution in [1.82, 2.24) is 4.90 Å². The lowest BCUT2D eigenvalue weighted by atomic mass is 10.1. The van der Waals surface area contributed by atoms with Gasteiger partial charge in [0, 0.05) is 24.8 Å². The van der Waals surface area contributed by atoms with Crippen LogP contribution in [0, 0.1) is 11.7 Å². The Morgan fingerprint density at radius 3 is 2.58 bits per heavy atom. The lowest BCUT2D eigenvalue weighted by Gasteiger charge is -2.23. The molecule has 4 nitrogen and oxygen atoms in total. The zero-order chi connectivity index (χ0) is 14.2. The fraction of sp³-hybridized carbons (Fsp3) is 0.500. The summed E-state index contributed by atoms with van der Waals surface area (Å²) in [4.78, 5) is 15.1. The molecule has 1 aliphatic rings. The van der Waals surface area contributed by atoms with Crippen LogP contribution < -0.4 is 4.90 Å². The second-order valence-electron chi connectivity index (χ2n) is 5.38. The number of aromatic carboxylic acids is 1. The normalized spacial score (nSPS) is 23.1. The van der Waals surface area contributed by atoms with Gasteiger partial charge in [0.2, 0.25) is 0 Å². The quantitative estimate of drug-likeness (QED) is 0.907. The molecule has 0 saturated carbocycles. The van der Waals surface area contributed by atoms with E-state index in [1.165, 1.54) is 12.1 Å².